The van der Waals surface area contributed by atoms with E-state index in [0.717, 1.165) is 37.7 Å². The molecule has 1 aromatic heterocycles. The molecule has 0 bridgehead atoms. The van der Waals surface area contributed by atoms with Gasteiger partial charge >= 0.3 is 0 Å². The molecule has 0 aromatic carbocycles. The highest BCUT2D eigenvalue weighted by atomic mass is 16.1. The maximum atomic E-state index is 11.8. The van der Waals surface area contributed by atoms with E-state index in [4.69, 9.17) is 0 Å². The third-order valence-electron chi connectivity index (χ3n) is 5.36. The molecule has 0 unspecified atom stereocenters. The molecule has 22 heavy (non-hydrogen) atoms. The standard InChI is InChI=1S/C17H28N4O/c1-12-13(2)18-17(20-16(12)22)19-14-8-10-21(11-9-14)15-6-4-3-5-7-15/h14-15H,3-11H2,1-2H3,(H2,18,19,20,22). The quantitative estimate of drug-likeness (QED) is 0.901. The van der Waals surface area contributed by atoms with Crippen LogP contribution in [-0.4, -0.2) is 40.0 Å². The topological polar surface area (TPSA) is 61.0 Å². The molecule has 0 radical (unpaired) electrons. The number of hydrogen-bond acceptors (Lipinski definition) is 4. The Morgan fingerprint density at radius 2 is 1.77 bits per heavy atom. The highest BCUT2D eigenvalue weighted by molar-refractivity contribution is 5.30. The summed E-state index contributed by atoms with van der Waals surface area (Å²) in [7, 11) is 0. The van der Waals surface area contributed by atoms with E-state index in [1.807, 2.05) is 13.8 Å². The summed E-state index contributed by atoms with van der Waals surface area (Å²) in [5, 5.41) is 3.42. The van der Waals surface area contributed by atoms with E-state index in [1.54, 1.807) is 0 Å². The van der Waals surface area contributed by atoms with Crippen molar-refractivity contribution in [1.82, 2.24) is 14.9 Å². The highest BCUT2D eigenvalue weighted by Crippen LogP contribution is 2.25. The fraction of sp³-hybridized carbons (Fsp3) is 0.765. The number of nitrogens with one attached hydrogen (secondary N) is 2. The van der Waals surface area contributed by atoms with Gasteiger partial charge in [0.2, 0.25) is 5.95 Å². The summed E-state index contributed by atoms with van der Waals surface area (Å²) >= 11 is 0. The zero-order chi connectivity index (χ0) is 15.5. The van der Waals surface area contributed by atoms with Crippen LogP contribution < -0.4 is 10.9 Å². The van der Waals surface area contributed by atoms with E-state index in [1.165, 1.54) is 32.1 Å². The van der Waals surface area contributed by atoms with Crippen molar-refractivity contribution in [3.05, 3.63) is 21.6 Å². The zero-order valence-corrected chi connectivity index (χ0v) is 13.8. The average Bonchev–Trinajstić information content (AvgIpc) is 2.54. The summed E-state index contributed by atoms with van der Waals surface area (Å²) in [5.74, 6) is 0.629. The van der Waals surface area contributed by atoms with Crippen LogP contribution >= 0.6 is 0 Å². The SMILES string of the molecule is Cc1nc(NC2CCN(C3CCCCC3)CC2)[nH]c(=O)c1C. The third kappa shape index (κ3) is 3.51. The lowest BCUT2D eigenvalue weighted by molar-refractivity contribution is 0.126. The summed E-state index contributed by atoms with van der Waals surface area (Å²) in [5.41, 5.74) is 1.48. The molecule has 2 heterocycles. The Morgan fingerprint density at radius 3 is 2.41 bits per heavy atom. The van der Waals surface area contributed by atoms with Gasteiger partial charge in [0.1, 0.15) is 0 Å². The van der Waals surface area contributed by atoms with Crippen LogP contribution in [-0.2, 0) is 0 Å². The second kappa shape index (κ2) is 6.82. The van der Waals surface area contributed by atoms with E-state index in [-0.39, 0.29) is 5.56 Å². The van der Waals surface area contributed by atoms with E-state index < -0.39 is 0 Å². The third-order valence-corrected chi connectivity index (χ3v) is 5.36. The second-order valence-electron chi connectivity index (χ2n) is 6.87. The van der Waals surface area contributed by atoms with Crippen molar-refractivity contribution < 1.29 is 0 Å². The lowest BCUT2D eigenvalue weighted by Gasteiger charge is -2.39. The fourth-order valence-corrected chi connectivity index (χ4v) is 3.76. The summed E-state index contributed by atoms with van der Waals surface area (Å²) < 4.78 is 0. The Labute approximate surface area is 132 Å². The second-order valence-corrected chi connectivity index (χ2v) is 6.87. The van der Waals surface area contributed by atoms with E-state index in [9.17, 15) is 4.79 Å². The smallest absolute Gasteiger partial charge is 0.255 e. The first kappa shape index (κ1) is 15.5. The van der Waals surface area contributed by atoms with Crippen LogP contribution in [0.25, 0.3) is 0 Å². The molecule has 0 amide bonds. The number of aryl methyl sites for hydroxylation is 1. The summed E-state index contributed by atoms with van der Waals surface area (Å²) in [6.07, 6.45) is 9.24. The largest absolute Gasteiger partial charge is 0.353 e. The first-order valence-corrected chi connectivity index (χ1v) is 8.71. The van der Waals surface area contributed by atoms with Gasteiger partial charge in [0.25, 0.3) is 5.56 Å². The zero-order valence-electron chi connectivity index (χ0n) is 13.8. The molecule has 2 fully saturated rings. The molecule has 1 aliphatic heterocycles. The molecular weight excluding hydrogens is 276 g/mol. The molecular formula is C17H28N4O. The summed E-state index contributed by atoms with van der Waals surface area (Å²) in [4.78, 5) is 21.8. The van der Waals surface area contributed by atoms with Crippen molar-refractivity contribution in [2.45, 2.75) is 70.9 Å². The molecule has 5 heteroatoms. The Kier molecular flexibility index (Phi) is 4.81. The van der Waals surface area contributed by atoms with Gasteiger partial charge in [-0.25, -0.2) is 4.98 Å². The number of likely N-dealkylation sites (tertiary alicyclic amines) is 1. The number of nitrogens with zero attached hydrogens (tertiary/aromatic N) is 2. The van der Waals surface area contributed by atoms with Gasteiger partial charge in [-0.3, -0.25) is 9.78 Å². The molecule has 2 N–H and O–H groups in total. The van der Waals surface area contributed by atoms with Gasteiger partial charge in [0.05, 0.1) is 0 Å². The van der Waals surface area contributed by atoms with Crippen molar-refractivity contribution >= 4 is 5.95 Å². The number of aromatic nitrogens is 2. The van der Waals surface area contributed by atoms with E-state index in [2.05, 4.69) is 20.2 Å². The number of anilines is 1. The van der Waals surface area contributed by atoms with Crippen LogP contribution in [0.3, 0.4) is 0 Å². The van der Waals surface area contributed by atoms with Gasteiger partial charge in [0.15, 0.2) is 0 Å². The van der Waals surface area contributed by atoms with Crippen molar-refractivity contribution in [2.24, 2.45) is 0 Å². The molecule has 1 aromatic rings. The van der Waals surface area contributed by atoms with Gasteiger partial charge in [-0.15, -0.1) is 0 Å². The van der Waals surface area contributed by atoms with E-state index in [0.29, 0.717) is 17.6 Å². The predicted molar refractivity (Wildman–Crippen MR) is 89.4 cm³/mol. The lowest BCUT2D eigenvalue weighted by atomic mass is 9.92. The first-order chi connectivity index (χ1) is 10.6. The molecule has 2 aliphatic rings. The number of rotatable bonds is 3. The minimum Gasteiger partial charge on any atom is -0.353 e. The van der Waals surface area contributed by atoms with Crippen molar-refractivity contribution in [3.8, 4) is 0 Å². The van der Waals surface area contributed by atoms with Crippen LogP contribution in [0.5, 0.6) is 0 Å². The average molecular weight is 304 g/mol. The van der Waals surface area contributed by atoms with Crippen molar-refractivity contribution in [1.29, 1.82) is 0 Å². The Bertz CT molecular complexity index is 554. The Hall–Kier alpha value is -1.36. The monoisotopic (exact) mass is 304 g/mol. The van der Waals surface area contributed by atoms with Gasteiger partial charge < -0.3 is 10.2 Å². The molecule has 1 aliphatic carbocycles. The van der Waals surface area contributed by atoms with Gasteiger partial charge in [-0.1, -0.05) is 19.3 Å². The van der Waals surface area contributed by atoms with Crippen LogP contribution in [0.2, 0.25) is 0 Å². The van der Waals surface area contributed by atoms with Gasteiger partial charge in [-0.2, -0.15) is 0 Å². The normalized spacial score (nSPS) is 21.9. The summed E-state index contributed by atoms with van der Waals surface area (Å²) in [6.45, 7) is 6.03. The number of aromatic amines is 1. The number of H-pyrrole nitrogens is 1. The molecule has 122 valence electrons. The maximum absolute atomic E-state index is 11.8. The van der Waals surface area contributed by atoms with Gasteiger partial charge in [-0.05, 0) is 39.5 Å². The van der Waals surface area contributed by atoms with Crippen LogP contribution in [0, 0.1) is 13.8 Å². The molecule has 1 saturated carbocycles. The lowest BCUT2D eigenvalue weighted by Crippen LogP contribution is -2.45. The Morgan fingerprint density at radius 1 is 1.09 bits per heavy atom. The molecule has 0 spiro atoms. The highest BCUT2D eigenvalue weighted by Gasteiger charge is 2.26. The molecule has 1 saturated heterocycles. The van der Waals surface area contributed by atoms with Gasteiger partial charge in [0, 0.05) is 36.4 Å². The Balaban J connectivity index is 1.54. The molecule has 3 rings (SSSR count). The fourth-order valence-electron chi connectivity index (χ4n) is 3.76. The first-order valence-electron chi connectivity index (χ1n) is 8.71. The number of piperidine rings is 1. The summed E-state index contributed by atoms with van der Waals surface area (Å²) in [6, 6.07) is 1.24. The van der Waals surface area contributed by atoms with Crippen LogP contribution in [0.15, 0.2) is 4.79 Å². The molecule has 5 nitrogen and oxygen atoms in total. The minimum absolute atomic E-state index is 0.0327. The predicted octanol–water partition coefficient (Wildman–Crippen LogP) is 2.60. The van der Waals surface area contributed by atoms with Crippen molar-refractivity contribution in [2.75, 3.05) is 18.4 Å². The molecule has 0 atom stereocenters. The minimum atomic E-state index is -0.0327. The van der Waals surface area contributed by atoms with Crippen molar-refractivity contribution in [3.63, 3.8) is 0 Å². The van der Waals surface area contributed by atoms with E-state index >= 15 is 0 Å². The van der Waals surface area contributed by atoms with Crippen LogP contribution in [0.1, 0.15) is 56.2 Å². The van der Waals surface area contributed by atoms with Crippen LogP contribution in [0.4, 0.5) is 5.95 Å². The maximum Gasteiger partial charge on any atom is 0.255 e. The number of hydrogen-bond donors (Lipinski definition) is 2.